The molecule has 0 saturated carbocycles. The fourth-order valence-electron chi connectivity index (χ4n) is 3.97. The monoisotopic (exact) mass is 350 g/mol. The number of allylic oxidation sites excluding steroid dienone is 2. The number of hydrogen-bond donors (Lipinski definition) is 1. The molecule has 6 heteroatoms. The number of esters is 1. The summed E-state index contributed by atoms with van der Waals surface area (Å²) in [6.07, 6.45) is 5.26. The highest BCUT2D eigenvalue weighted by molar-refractivity contribution is 5.90. The lowest BCUT2D eigenvalue weighted by atomic mass is 9.76. The first-order valence-electron chi connectivity index (χ1n) is 8.48. The molecule has 26 heavy (non-hydrogen) atoms. The Morgan fingerprint density at radius 1 is 1.23 bits per heavy atom. The smallest absolute Gasteiger partial charge is 0.337 e. The Hall–Kier alpha value is -3.15. The van der Waals surface area contributed by atoms with Gasteiger partial charge in [0.1, 0.15) is 0 Å². The molecule has 2 aromatic carbocycles. The molecular weight excluding hydrogens is 332 g/mol. The summed E-state index contributed by atoms with van der Waals surface area (Å²) in [5.41, 5.74) is 3.73. The van der Waals surface area contributed by atoms with Gasteiger partial charge in [0.05, 0.1) is 23.6 Å². The normalized spacial score (nSPS) is 22.9. The van der Waals surface area contributed by atoms with Gasteiger partial charge in [0.15, 0.2) is 0 Å². The van der Waals surface area contributed by atoms with E-state index >= 15 is 0 Å². The van der Waals surface area contributed by atoms with E-state index in [0.29, 0.717) is 11.5 Å². The van der Waals surface area contributed by atoms with Crippen molar-refractivity contribution >= 4 is 17.3 Å². The highest BCUT2D eigenvalue weighted by Crippen LogP contribution is 2.50. The summed E-state index contributed by atoms with van der Waals surface area (Å²) in [5, 5.41) is 14.4. The van der Waals surface area contributed by atoms with Gasteiger partial charge in [-0.15, -0.1) is 0 Å². The average Bonchev–Trinajstić information content (AvgIpc) is 3.16. The zero-order valence-electron chi connectivity index (χ0n) is 14.2. The highest BCUT2D eigenvalue weighted by Gasteiger charge is 2.38. The van der Waals surface area contributed by atoms with Gasteiger partial charge < -0.3 is 10.1 Å². The number of carbonyl (C=O) groups is 1. The highest BCUT2D eigenvalue weighted by atomic mass is 16.6. The van der Waals surface area contributed by atoms with Crippen LogP contribution in [0.15, 0.2) is 54.6 Å². The summed E-state index contributed by atoms with van der Waals surface area (Å²) in [7, 11) is 1.38. The maximum absolute atomic E-state index is 11.8. The summed E-state index contributed by atoms with van der Waals surface area (Å²) in [5.74, 6) is 0.164. The number of ether oxygens (including phenoxy) is 1. The van der Waals surface area contributed by atoms with Gasteiger partial charge in [0, 0.05) is 23.7 Å². The lowest BCUT2D eigenvalue weighted by Gasteiger charge is -2.37. The number of nitro benzene ring substituents is 1. The number of nitrogens with one attached hydrogen (secondary N) is 1. The number of fused-ring (bicyclic) bond motifs is 3. The first-order chi connectivity index (χ1) is 12.6. The average molecular weight is 350 g/mol. The predicted molar refractivity (Wildman–Crippen MR) is 97.2 cm³/mol. The molecule has 1 aliphatic heterocycles. The van der Waals surface area contributed by atoms with E-state index in [1.807, 2.05) is 24.3 Å². The van der Waals surface area contributed by atoms with Crippen molar-refractivity contribution in [2.45, 2.75) is 18.4 Å². The Bertz CT molecular complexity index is 905. The van der Waals surface area contributed by atoms with Gasteiger partial charge in [-0.2, -0.15) is 0 Å². The van der Waals surface area contributed by atoms with E-state index in [9.17, 15) is 14.9 Å². The second-order valence-corrected chi connectivity index (χ2v) is 6.62. The molecule has 0 spiro atoms. The van der Waals surface area contributed by atoms with Crippen molar-refractivity contribution in [1.29, 1.82) is 0 Å². The van der Waals surface area contributed by atoms with E-state index in [-0.39, 0.29) is 28.5 Å². The van der Waals surface area contributed by atoms with Crippen LogP contribution in [0.2, 0.25) is 0 Å². The van der Waals surface area contributed by atoms with Crippen molar-refractivity contribution in [2.75, 3.05) is 12.4 Å². The lowest BCUT2D eigenvalue weighted by Crippen LogP contribution is -2.29. The van der Waals surface area contributed by atoms with Gasteiger partial charge in [0.25, 0.3) is 5.69 Å². The zero-order chi connectivity index (χ0) is 18.3. The Morgan fingerprint density at radius 2 is 2.00 bits per heavy atom. The summed E-state index contributed by atoms with van der Waals surface area (Å²) >= 11 is 0. The first kappa shape index (κ1) is 16.3. The Balaban J connectivity index is 1.71. The molecule has 4 rings (SSSR count). The molecule has 0 bridgehead atoms. The number of anilines is 1. The molecule has 3 atom stereocenters. The van der Waals surface area contributed by atoms with Crippen molar-refractivity contribution in [1.82, 2.24) is 0 Å². The van der Waals surface area contributed by atoms with Crippen LogP contribution < -0.4 is 5.32 Å². The van der Waals surface area contributed by atoms with Crippen LogP contribution in [0.4, 0.5) is 11.4 Å². The van der Waals surface area contributed by atoms with Crippen LogP contribution >= 0.6 is 0 Å². The molecule has 0 radical (unpaired) electrons. The number of benzene rings is 2. The van der Waals surface area contributed by atoms with Gasteiger partial charge in [-0.3, -0.25) is 10.1 Å². The topological polar surface area (TPSA) is 81.5 Å². The SMILES string of the molecule is COC(=O)c1ccc2c(c1)[C@H]1C=CC[C@H]1[C@H](c1ccc([N+](=O)[O-])cc1)N2. The number of nitro groups is 1. The van der Waals surface area contributed by atoms with Gasteiger partial charge in [-0.25, -0.2) is 4.79 Å². The summed E-state index contributed by atoms with van der Waals surface area (Å²) < 4.78 is 4.83. The molecule has 0 unspecified atom stereocenters. The number of carbonyl (C=O) groups excluding carboxylic acids is 1. The molecule has 0 aromatic heterocycles. The van der Waals surface area contributed by atoms with Gasteiger partial charge in [-0.1, -0.05) is 24.3 Å². The maximum Gasteiger partial charge on any atom is 0.337 e. The van der Waals surface area contributed by atoms with Crippen LogP contribution in [0.5, 0.6) is 0 Å². The minimum atomic E-state index is -0.387. The predicted octanol–water partition coefficient (Wildman–Crippen LogP) is 4.21. The maximum atomic E-state index is 11.8. The largest absolute Gasteiger partial charge is 0.465 e. The van der Waals surface area contributed by atoms with E-state index in [1.165, 1.54) is 7.11 Å². The number of methoxy groups -OCH3 is 1. The lowest BCUT2D eigenvalue weighted by molar-refractivity contribution is -0.384. The third-order valence-corrected chi connectivity index (χ3v) is 5.25. The van der Waals surface area contributed by atoms with E-state index in [1.54, 1.807) is 18.2 Å². The zero-order valence-corrected chi connectivity index (χ0v) is 14.2. The fourth-order valence-corrected chi connectivity index (χ4v) is 3.97. The molecule has 2 aromatic rings. The summed E-state index contributed by atoms with van der Waals surface area (Å²) in [4.78, 5) is 22.3. The quantitative estimate of drug-likeness (QED) is 0.388. The number of non-ortho nitro benzene ring substituents is 1. The fraction of sp³-hybridized carbons (Fsp3) is 0.250. The molecular formula is C20H18N2O4. The molecule has 6 nitrogen and oxygen atoms in total. The van der Waals surface area contributed by atoms with E-state index in [0.717, 1.165) is 23.2 Å². The minimum absolute atomic E-state index is 0.0623. The summed E-state index contributed by atoms with van der Waals surface area (Å²) in [6, 6.07) is 12.3. The Kier molecular flexibility index (Phi) is 3.95. The summed E-state index contributed by atoms with van der Waals surface area (Å²) in [6.45, 7) is 0. The second kappa shape index (κ2) is 6.29. The van der Waals surface area contributed by atoms with E-state index < -0.39 is 0 Å². The molecule has 1 N–H and O–H groups in total. The molecule has 2 aliphatic rings. The van der Waals surface area contributed by atoms with Gasteiger partial charge in [-0.05, 0) is 41.7 Å². The van der Waals surface area contributed by atoms with Crippen LogP contribution in [-0.4, -0.2) is 18.0 Å². The van der Waals surface area contributed by atoms with Crippen molar-refractivity contribution in [2.24, 2.45) is 5.92 Å². The second-order valence-electron chi connectivity index (χ2n) is 6.62. The Labute approximate surface area is 150 Å². The van der Waals surface area contributed by atoms with Gasteiger partial charge >= 0.3 is 5.97 Å². The molecule has 0 fully saturated rings. The van der Waals surface area contributed by atoms with Crippen LogP contribution in [0, 0.1) is 16.0 Å². The minimum Gasteiger partial charge on any atom is -0.465 e. The standard InChI is InChI=1S/C20H18N2O4/c1-26-20(23)13-7-10-18-17(11-13)15-3-2-4-16(15)19(21-18)12-5-8-14(9-6-12)22(24)25/h2-3,5-11,15-16,19,21H,4H2,1H3/t15-,16+,19-/m0/s1. The molecule has 0 amide bonds. The van der Waals surface area contributed by atoms with Crippen molar-refractivity contribution in [3.05, 3.63) is 81.4 Å². The molecule has 1 heterocycles. The first-order valence-corrected chi connectivity index (χ1v) is 8.48. The molecule has 1 aliphatic carbocycles. The van der Waals surface area contributed by atoms with Crippen molar-refractivity contribution < 1.29 is 14.5 Å². The van der Waals surface area contributed by atoms with E-state index in [4.69, 9.17) is 4.74 Å². The van der Waals surface area contributed by atoms with Crippen molar-refractivity contribution in [3.8, 4) is 0 Å². The Morgan fingerprint density at radius 3 is 2.69 bits per heavy atom. The van der Waals surface area contributed by atoms with Crippen LogP contribution in [0.3, 0.4) is 0 Å². The molecule has 132 valence electrons. The number of hydrogen-bond acceptors (Lipinski definition) is 5. The molecule has 0 saturated heterocycles. The third kappa shape index (κ3) is 2.63. The number of nitrogens with zero attached hydrogens (tertiary/aromatic N) is 1. The van der Waals surface area contributed by atoms with Crippen LogP contribution in [-0.2, 0) is 4.74 Å². The van der Waals surface area contributed by atoms with Crippen molar-refractivity contribution in [3.63, 3.8) is 0 Å². The number of rotatable bonds is 3. The third-order valence-electron chi connectivity index (χ3n) is 5.25. The van der Waals surface area contributed by atoms with Gasteiger partial charge in [0.2, 0.25) is 0 Å². The van der Waals surface area contributed by atoms with Crippen LogP contribution in [0.1, 0.15) is 39.9 Å². The van der Waals surface area contributed by atoms with E-state index in [2.05, 4.69) is 17.5 Å². The van der Waals surface area contributed by atoms with Crippen LogP contribution in [0.25, 0.3) is 0 Å².